The summed E-state index contributed by atoms with van der Waals surface area (Å²) in [5.41, 5.74) is 1.66. The van der Waals surface area contributed by atoms with Crippen LogP contribution in [0.3, 0.4) is 0 Å². The summed E-state index contributed by atoms with van der Waals surface area (Å²) in [5.74, 6) is 0. The van der Waals surface area contributed by atoms with Crippen molar-refractivity contribution >= 4 is 11.6 Å². The molecular weight excluding hydrogens is 174 g/mol. The van der Waals surface area contributed by atoms with E-state index >= 15 is 0 Å². The summed E-state index contributed by atoms with van der Waals surface area (Å²) < 4.78 is 4.87. The van der Waals surface area contributed by atoms with Gasteiger partial charge in [0.15, 0.2) is 6.39 Å². The van der Waals surface area contributed by atoms with Gasteiger partial charge in [-0.1, -0.05) is 30.3 Å². The van der Waals surface area contributed by atoms with E-state index in [1.54, 1.807) is 0 Å². The maximum Gasteiger partial charge on any atom is 0.221 e. The molecule has 0 aliphatic carbocycles. The van der Waals surface area contributed by atoms with Crippen LogP contribution in [0.1, 0.15) is 0 Å². The van der Waals surface area contributed by atoms with Crippen molar-refractivity contribution in [1.82, 2.24) is 4.98 Å². The van der Waals surface area contributed by atoms with Crippen molar-refractivity contribution in [2.24, 2.45) is 0 Å². The Labute approximate surface area is 74.8 Å². The van der Waals surface area contributed by atoms with Crippen LogP contribution in [0.15, 0.2) is 41.1 Å². The number of hydrogen-bond acceptors (Lipinski definition) is 2. The molecule has 2 aromatic rings. The number of rotatable bonds is 1. The molecule has 0 spiro atoms. The van der Waals surface area contributed by atoms with Gasteiger partial charge in [0.2, 0.25) is 5.22 Å². The van der Waals surface area contributed by atoms with Crippen LogP contribution in [0, 0.1) is 0 Å². The predicted octanol–water partition coefficient (Wildman–Crippen LogP) is 3.00. The zero-order valence-electron chi connectivity index (χ0n) is 6.20. The van der Waals surface area contributed by atoms with E-state index in [-0.39, 0.29) is 0 Å². The lowest BCUT2D eigenvalue weighted by molar-refractivity contribution is 0.560. The van der Waals surface area contributed by atoms with Gasteiger partial charge in [0.25, 0.3) is 0 Å². The first-order valence-corrected chi connectivity index (χ1v) is 3.90. The highest BCUT2D eigenvalue weighted by Gasteiger charge is 2.06. The predicted molar refractivity (Wildman–Crippen MR) is 46.9 cm³/mol. The van der Waals surface area contributed by atoms with Crippen LogP contribution in [0.2, 0.25) is 5.22 Å². The van der Waals surface area contributed by atoms with E-state index in [4.69, 9.17) is 16.0 Å². The lowest BCUT2D eigenvalue weighted by atomic mass is 10.2. The van der Waals surface area contributed by atoms with Crippen molar-refractivity contribution in [3.05, 3.63) is 41.9 Å². The fourth-order valence-electron chi connectivity index (χ4n) is 1.02. The smallest absolute Gasteiger partial charge is 0.221 e. The van der Waals surface area contributed by atoms with Crippen molar-refractivity contribution in [2.45, 2.75) is 0 Å². The van der Waals surface area contributed by atoms with Gasteiger partial charge in [0, 0.05) is 5.56 Å². The van der Waals surface area contributed by atoms with Crippen molar-refractivity contribution in [1.29, 1.82) is 0 Å². The number of oxazole rings is 1. The molecule has 0 amide bonds. The third kappa shape index (κ3) is 1.21. The van der Waals surface area contributed by atoms with E-state index in [0.717, 1.165) is 5.56 Å². The quantitative estimate of drug-likeness (QED) is 0.673. The zero-order chi connectivity index (χ0) is 8.39. The monoisotopic (exact) mass is 179 g/mol. The number of aromatic nitrogens is 1. The molecule has 3 heteroatoms. The van der Waals surface area contributed by atoms with Crippen LogP contribution in [0.25, 0.3) is 11.3 Å². The number of benzene rings is 1. The Morgan fingerprint density at radius 2 is 1.92 bits per heavy atom. The van der Waals surface area contributed by atoms with E-state index in [0.29, 0.717) is 10.9 Å². The highest BCUT2D eigenvalue weighted by Crippen LogP contribution is 2.25. The molecule has 0 atom stereocenters. The van der Waals surface area contributed by atoms with Crippen molar-refractivity contribution in [3.63, 3.8) is 0 Å². The minimum Gasteiger partial charge on any atom is -0.431 e. The Kier molecular flexibility index (Phi) is 1.84. The summed E-state index contributed by atoms with van der Waals surface area (Å²) in [5, 5.41) is 0.334. The van der Waals surface area contributed by atoms with Gasteiger partial charge in [-0.2, -0.15) is 0 Å². The second kappa shape index (κ2) is 2.99. The summed E-state index contributed by atoms with van der Waals surface area (Å²) in [7, 11) is 0. The molecule has 2 nitrogen and oxygen atoms in total. The third-order valence-electron chi connectivity index (χ3n) is 1.57. The van der Waals surface area contributed by atoms with Gasteiger partial charge in [0.05, 0.1) is 0 Å². The van der Waals surface area contributed by atoms with Crippen LogP contribution >= 0.6 is 11.6 Å². The fourth-order valence-corrected chi connectivity index (χ4v) is 1.21. The van der Waals surface area contributed by atoms with Crippen LogP contribution in [0.5, 0.6) is 0 Å². The second-order valence-corrected chi connectivity index (χ2v) is 2.68. The number of nitrogens with zero attached hydrogens (tertiary/aromatic N) is 1. The van der Waals surface area contributed by atoms with Crippen LogP contribution in [-0.4, -0.2) is 4.98 Å². The van der Waals surface area contributed by atoms with Crippen molar-refractivity contribution in [2.75, 3.05) is 0 Å². The fraction of sp³-hybridized carbons (Fsp3) is 0. The second-order valence-electron chi connectivity index (χ2n) is 2.34. The minimum absolute atomic E-state index is 0.334. The first-order valence-electron chi connectivity index (χ1n) is 3.52. The van der Waals surface area contributed by atoms with Gasteiger partial charge in [0.1, 0.15) is 5.69 Å². The molecule has 1 aromatic carbocycles. The average molecular weight is 180 g/mol. The van der Waals surface area contributed by atoms with Gasteiger partial charge >= 0.3 is 0 Å². The largest absolute Gasteiger partial charge is 0.431 e. The maximum atomic E-state index is 5.75. The topological polar surface area (TPSA) is 26.0 Å². The molecule has 12 heavy (non-hydrogen) atoms. The third-order valence-corrected chi connectivity index (χ3v) is 1.84. The Balaban J connectivity index is 2.51. The Morgan fingerprint density at radius 1 is 1.17 bits per heavy atom. The molecule has 1 aromatic heterocycles. The van der Waals surface area contributed by atoms with E-state index < -0.39 is 0 Å². The Hall–Kier alpha value is -1.28. The summed E-state index contributed by atoms with van der Waals surface area (Å²) in [6.45, 7) is 0. The number of hydrogen-bond donors (Lipinski definition) is 0. The first-order chi connectivity index (χ1) is 5.88. The van der Waals surface area contributed by atoms with Gasteiger partial charge < -0.3 is 4.42 Å². The zero-order valence-corrected chi connectivity index (χ0v) is 6.95. The molecule has 0 bridgehead atoms. The molecular formula is C9H6ClNO. The SMILES string of the molecule is Clc1ocnc1-c1ccccc1. The lowest BCUT2D eigenvalue weighted by Gasteiger charge is -1.93. The highest BCUT2D eigenvalue weighted by atomic mass is 35.5. The van der Waals surface area contributed by atoms with Crippen LogP contribution in [-0.2, 0) is 0 Å². The molecule has 1 heterocycles. The maximum absolute atomic E-state index is 5.75. The highest BCUT2D eigenvalue weighted by molar-refractivity contribution is 6.31. The van der Waals surface area contributed by atoms with Crippen molar-refractivity contribution in [3.8, 4) is 11.3 Å². The summed E-state index contributed by atoms with van der Waals surface area (Å²) >= 11 is 5.75. The molecule has 2 rings (SSSR count). The van der Waals surface area contributed by atoms with Gasteiger partial charge in [-0.3, -0.25) is 0 Å². The first kappa shape index (κ1) is 7.37. The molecule has 60 valence electrons. The number of halogens is 1. The molecule has 0 N–H and O–H groups in total. The molecule has 0 fully saturated rings. The normalized spacial score (nSPS) is 10.1. The standard InChI is InChI=1S/C9H6ClNO/c10-9-8(11-6-12-9)7-4-2-1-3-5-7/h1-6H. The van der Waals surface area contributed by atoms with Gasteiger partial charge in [-0.05, 0) is 11.6 Å². The molecule has 0 aliphatic heterocycles. The summed E-state index contributed by atoms with van der Waals surface area (Å²) in [4.78, 5) is 3.99. The summed E-state index contributed by atoms with van der Waals surface area (Å²) in [6, 6.07) is 9.67. The Bertz CT molecular complexity index is 369. The molecule has 0 unspecified atom stereocenters. The van der Waals surface area contributed by atoms with Gasteiger partial charge in [-0.15, -0.1) is 0 Å². The lowest BCUT2D eigenvalue weighted by Crippen LogP contribution is -1.75. The Morgan fingerprint density at radius 3 is 2.50 bits per heavy atom. The molecule has 0 radical (unpaired) electrons. The molecule has 0 saturated heterocycles. The van der Waals surface area contributed by atoms with E-state index in [1.807, 2.05) is 30.3 Å². The average Bonchev–Trinajstić information content (AvgIpc) is 2.53. The van der Waals surface area contributed by atoms with Crippen molar-refractivity contribution < 1.29 is 4.42 Å². The van der Waals surface area contributed by atoms with E-state index in [2.05, 4.69) is 4.98 Å². The molecule has 0 aliphatic rings. The van der Waals surface area contributed by atoms with Crippen LogP contribution < -0.4 is 0 Å². The van der Waals surface area contributed by atoms with Crippen LogP contribution in [0.4, 0.5) is 0 Å². The van der Waals surface area contributed by atoms with E-state index in [9.17, 15) is 0 Å². The van der Waals surface area contributed by atoms with Gasteiger partial charge in [-0.25, -0.2) is 4.98 Å². The molecule has 0 saturated carbocycles. The summed E-state index contributed by atoms with van der Waals surface area (Å²) in [6.07, 6.45) is 1.34. The minimum atomic E-state index is 0.334. The van der Waals surface area contributed by atoms with E-state index in [1.165, 1.54) is 6.39 Å².